The predicted octanol–water partition coefficient (Wildman–Crippen LogP) is 2.26. The summed E-state index contributed by atoms with van der Waals surface area (Å²) in [5, 5.41) is 3.40. The molecule has 2 aliphatic heterocycles. The molecular formula is C18H26ClFN2O2. The van der Waals surface area contributed by atoms with Crippen molar-refractivity contribution >= 4 is 18.3 Å². The second kappa shape index (κ2) is 8.28. The highest BCUT2D eigenvalue weighted by Crippen LogP contribution is 2.43. The molecule has 0 radical (unpaired) electrons. The molecule has 1 aromatic carbocycles. The number of piperidine rings is 1. The predicted molar refractivity (Wildman–Crippen MR) is 93.8 cm³/mol. The molecule has 6 heteroatoms. The SMILES string of the molecule is COCC1CN(C(=O)Cc2ccccc2F)CC12CCNCC2.Cl. The van der Waals surface area contributed by atoms with Gasteiger partial charge in [-0.2, -0.15) is 0 Å². The van der Waals surface area contributed by atoms with Gasteiger partial charge in [0.25, 0.3) is 0 Å². The van der Waals surface area contributed by atoms with Gasteiger partial charge >= 0.3 is 0 Å². The van der Waals surface area contributed by atoms with Crippen LogP contribution < -0.4 is 5.32 Å². The highest BCUT2D eigenvalue weighted by Gasteiger charge is 2.47. The lowest BCUT2D eigenvalue weighted by molar-refractivity contribution is -0.130. The van der Waals surface area contributed by atoms with Gasteiger partial charge in [0.05, 0.1) is 13.0 Å². The second-order valence-corrected chi connectivity index (χ2v) is 6.81. The molecular weight excluding hydrogens is 331 g/mol. The Morgan fingerprint density at radius 3 is 2.75 bits per heavy atom. The number of likely N-dealkylation sites (tertiary alicyclic amines) is 1. The van der Waals surface area contributed by atoms with E-state index in [9.17, 15) is 9.18 Å². The van der Waals surface area contributed by atoms with Gasteiger partial charge in [-0.1, -0.05) is 18.2 Å². The number of carbonyl (C=O) groups excluding carboxylic acids is 1. The largest absolute Gasteiger partial charge is 0.384 e. The van der Waals surface area contributed by atoms with Crippen molar-refractivity contribution in [3.05, 3.63) is 35.6 Å². The number of nitrogens with zero attached hydrogens (tertiary/aromatic N) is 1. The van der Waals surface area contributed by atoms with Crippen LogP contribution in [-0.4, -0.2) is 50.7 Å². The lowest BCUT2D eigenvalue weighted by Crippen LogP contribution is -2.43. The zero-order valence-corrected chi connectivity index (χ0v) is 14.9. The van der Waals surface area contributed by atoms with Crippen molar-refractivity contribution in [3.63, 3.8) is 0 Å². The van der Waals surface area contributed by atoms with Crippen molar-refractivity contribution in [2.24, 2.45) is 11.3 Å². The number of benzene rings is 1. The number of amides is 1. The first-order valence-corrected chi connectivity index (χ1v) is 8.35. The van der Waals surface area contributed by atoms with Crippen LogP contribution in [0.5, 0.6) is 0 Å². The Hall–Kier alpha value is -1.17. The smallest absolute Gasteiger partial charge is 0.227 e. The van der Waals surface area contributed by atoms with Crippen molar-refractivity contribution in [3.8, 4) is 0 Å². The number of ether oxygens (including phenoxy) is 1. The molecule has 1 spiro atoms. The van der Waals surface area contributed by atoms with E-state index in [0.29, 0.717) is 18.1 Å². The molecule has 1 atom stereocenters. The van der Waals surface area contributed by atoms with Crippen LogP contribution in [0.15, 0.2) is 24.3 Å². The summed E-state index contributed by atoms with van der Waals surface area (Å²) < 4.78 is 19.2. The average molecular weight is 357 g/mol. The summed E-state index contributed by atoms with van der Waals surface area (Å²) in [7, 11) is 1.72. The van der Waals surface area contributed by atoms with Crippen molar-refractivity contribution in [1.29, 1.82) is 0 Å². The Morgan fingerprint density at radius 2 is 2.08 bits per heavy atom. The maximum Gasteiger partial charge on any atom is 0.227 e. The topological polar surface area (TPSA) is 41.6 Å². The molecule has 24 heavy (non-hydrogen) atoms. The van der Waals surface area contributed by atoms with Crippen molar-refractivity contribution in [2.75, 3.05) is 39.9 Å². The minimum atomic E-state index is -0.301. The highest BCUT2D eigenvalue weighted by atomic mass is 35.5. The first-order valence-electron chi connectivity index (χ1n) is 8.35. The Labute approximate surface area is 149 Å². The average Bonchev–Trinajstić information content (AvgIpc) is 2.89. The van der Waals surface area contributed by atoms with E-state index in [4.69, 9.17) is 4.74 Å². The van der Waals surface area contributed by atoms with E-state index in [2.05, 4.69) is 5.32 Å². The molecule has 1 amide bonds. The maximum atomic E-state index is 13.8. The molecule has 0 saturated carbocycles. The van der Waals surface area contributed by atoms with Gasteiger partial charge in [0.15, 0.2) is 0 Å². The molecule has 1 unspecified atom stereocenters. The quantitative estimate of drug-likeness (QED) is 0.899. The van der Waals surface area contributed by atoms with Gasteiger partial charge in [-0.05, 0) is 43.0 Å². The Kier molecular flexibility index (Phi) is 6.61. The van der Waals surface area contributed by atoms with Crippen LogP contribution in [0.4, 0.5) is 4.39 Å². The number of nitrogens with one attached hydrogen (secondary N) is 1. The zero-order valence-electron chi connectivity index (χ0n) is 14.1. The van der Waals surface area contributed by atoms with Gasteiger partial charge < -0.3 is 15.0 Å². The van der Waals surface area contributed by atoms with Crippen molar-refractivity contribution < 1.29 is 13.9 Å². The van der Waals surface area contributed by atoms with Crippen LogP contribution >= 0.6 is 12.4 Å². The van der Waals surface area contributed by atoms with E-state index in [1.165, 1.54) is 6.07 Å². The minimum absolute atomic E-state index is 0. The normalized spacial score (nSPS) is 22.4. The van der Waals surface area contributed by atoms with Crippen LogP contribution in [0.2, 0.25) is 0 Å². The molecule has 1 N–H and O–H groups in total. The molecule has 2 aliphatic rings. The van der Waals surface area contributed by atoms with Gasteiger partial charge in [0.2, 0.25) is 5.91 Å². The number of rotatable bonds is 4. The number of halogens is 2. The van der Waals surface area contributed by atoms with E-state index in [1.807, 2.05) is 4.90 Å². The van der Waals surface area contributed by atoms with Crippen LogP contribution in [0.3, 0.4) is 0 Å². The molecule has 0 aromatic heterocycles. The molecule has 3 rings (SSSR count). The number of hydrogen-bond donors (Lipinski definition) is 1. The molecule has 4 nitrogen and oxygen atoms in total. The lowest BCUT2D eigenvalue weighted by atomic mass is 9.71. The third-order valence-electron chi connectivity index (χ3n) is 5.43. The number of methoxy groups -OCH3 is 1. The first-order chi connectivity index (χ1) is 11.1. The molecule has 0 aliphatic carbocycles. The molecule has 0 bridgehead atoms. The summed E-state index contributed by atoms with van der Waals surface area (Å²) in [4.78, 5) is 14.6. The standard InChI is InChI=1S/C18H25FN2O2.ClH/c1-23-12-15-11-21(13-18(15)6-8-20-9-7-18)17(22)10-14-4-2-3-5-16(14)19;/h2-5,15,20H,6-13H2,1H3;1H. The molecule has 1 aromatic rings. The van der Waals surface area contributed by atoms with E-state index >= 15 is 0 Å². The Morgan fingerprint density at radius 1 is 1.38 bits per heavy atom. The van der Waals surface area contributed by atoms with Gasteiger partial charge in [0.1, 0.15) is 5.82 Å². The van der Waals surface area contributed by atoms with Crippen molar-refractivity contribution in [2.45, 2.75) is 19.3 Å². The lowest BCUT2D eigenvalue weighted by Gasteiger charge is -2.38. The maximum absolute atomic E-state index is 13.8. The second-order valence-electron chi connectivity index (χ2n) is 6.81. The molecule has 2 fully saturated rings. The van der Waals surface area contributed by atoms with Gasteiger partial charge in [-0.25, -0.2) is 4.39 Å². The summed E-state index contributed by atoms with van der Waals surface area (Å²) in [5.41, 5.74) is 0.638. The monoisotopic (exact) mass is 356 g/mol. The van der Waals surface area contributed by atoms with E-state index in [-0.39, 0.29) is 36.0 Å². The number of carbonyl (C=O) groups is 1. The van der Waals surface area contributed by atoms with E-state index in [0.717, 1.165) is 39.0 Å². The summed E-state index contributed by atoms with van der Waals surface area (Å²) in [6.45, 7) is 4.17. The fourth-order valence-electron chi connectivity index (χ4n) is 4.06. The van der Waals surface area contributed by atoms with E-state index < -0.39 is 0 Å². The molecule has 2 saturated heterocycles. The molecule has 2 heterocycles. The van der Waals surface area contributed by atoms with Crippen LogP contribution in [-0.2, 0) is 16.0 Å². The number of hydrogen-bond acceptors (Lipinski definition) is 3. The zero-order chi connectivity index (χ0) is 16.3. The fraction of sp³-hybridized carbons (Fsp3) is 0.611. The van der Waals surface area contributed by atoms with Gasteiger partial charge in [-0.3, -0.25) is 4.79 Å². The third-order valence-corrected chi connectivity index (χ3v) is 5.43. The van der Waals surface area contributed by atoms with Gasteiger partial charge in [0, 0.05) is 26.1 Å². The minimum Gasteiger partial charge on any atom is -0.384 e. The van der Waals surface area contributed by atoms with Crippen molar-refractivity contribution in [1.82, 2.24) is 10.2 Å². The summed E-state index contributed by atoms with van der Waals surface area (Å²) in [6.07, 6.45) is 2.29. The van der Waals surface area contributed by atoms with Gasteiger partial charge in [-0.15, -0.1) is 12.4 Å². The fourth-order valence-corrected chi connectivity index (χ4v) is 4.06. The Balaban J connectivity index is 0.00000208. The highest BCUT2D eigenvalue weighted by molar-refractivity contribution is 5.85. The first kappa shape index (κ1) is 19.2. The summed E-state index contributed by atoms with van der Waals surface area (Å²) in [6, 6.07) is 6.53. The third kappa shape index (κ3) is 3.90. The van der Waals surface area contributed by atoms with Crippen LogP contribution in [0, 0.1) is 17.2 Å². The summed E-state index contributed by atoms with van der Waals surface area (Å²) >= 11 is 0. The van der Waals surface area contributed by atoms with E-state index in [1.54, 1.807) is 25.3 Å². The van der Waals surface area contributed by atoms with Crippen LogP contribution in [0.1, 0.15) is 18.4 Å². The Bertz CT molecular complexity index is 564. The molecule has 134 valence electrons. The van der Waals surface area contributed by atoms with Crippen LogP contribution in [0.25, 0.3) is 0 Å². The summed E-state index contributed by atoms with van der Waals surface area (Å²) in [5.74, 6) is 0.0934.